The van der Waals surface area contributed by atoms with Gasteiger partial charge >= 0.3 is 0 Å². The average Bonchev–Trinajstić information content (AvgIpc) is 3.80. The van der Waals surface area contributed by atoms with Gasteiger partial charge < -0.3 is 9.67 Å². The van der Waals surface area contributed by atoms with Gasteiger partial charge in [0.2, 0.25) is 0 Å². The molecule has 0 atom stereocenters. The van der Waals surface area contributed by atoms with Gasteiger partial charge in [0.15, 0.2) is 0 Å². The second-order valence-corrected chi connectivity index (χ2v) is 14.8. The summed E-state index contributed by atoms with van der Waals surface area (Å²) in [5.41, 5.74) is 12.3. The fourth-order valence-corrected chi connectivity index (χ4v) is 8.10. The molecule has 10 aromatic rings. The van der Waals surface area contributed by atoms with Gasteiger partial charge in [-0.05, 0) is 60.2 Å². The third kappa shape index (κ3) is 6.16. The molecule has 0 saturated heterocycles. The van der Waals surface area contributed by atoms with E-state index in [1.807, 2.05) is 42.6 Å². The van der Waals surface area contributed by atoms with Crippen LogP contribution in [0.25, 0.3) is 78.0 Å². The van der Waals surface area contributed by atoms with Gasteiger partial charge in [-0.3, -0.25) is 9.55 Å². The van der Waals surface area contributed by atoms with Crippen LogP contribution in [0.5, 0.6) is 5.75 Å². The molecule has 0 aliphatic rings. The van der Waals surface area contributed by atoms with E-state index in [1.165, 1.54) is 5.56 Å². The Hall–Kier alpha value is -6.55. The van der Waals surface area contributed by atoms with Gasteiger partial charge in [0, 0.05) is 60.5 Å². The van der Waals surface area contributed by atoms with E-state index in [4.69, 9.17) is 9.97 Å². The Morgan fingerprint density at radius 2 is 1.12 bits per heavy atom. The first-order valence-electron chi connectivity index (χ1n) is 18.9. The normalized spacial score (nSPS) is 11.6. The molecular weight excluding hydrogens is 880 g/mol. The zero-order chi connectivity index (χ0) is 37.8. The van der Waals surface area contributed by atoms with Gasteiger partial charge in [-0.2, -0.15) is 0 Å². The number of aromatic nitrogens is 4. The van der Waals surface area contributed by atoms with Crippen molar-refractivity contribution in [2.45, 2.75) is 19.3 Å². The minimum absolute atomic E-state index is 0. The number of hydrogen-bond acceptors (Lipinski definition) is 3. The average molecular weight is 917 g/mol. The van der Waals surface area contributed by atoms with Gasteiger partial charge in [-0.25, -0.2) is 4.98 Å². The standard InChI is InChI=1S/C51H37N4O.Pt/c1-51(2,36-17-6-3-7-18-36)37-30-34(40-25-16-27-46-49(40)53-50(42-24-13-15-28-48(42)56)55(46)39-21-10-5-11-22-39)29-35(31-37)44-32-47-43(33-52-44)41-23-12-14-26-45(41)54(47)38-19-8-4-9-20-38;/h3-28,30-33,56H,1-2H3;/q-1;. The number of nitrogens with zero attached hydrogens (tertiary/aromatic N) is 4. The molecule has 0 unspecified atom stereocenters. The van der Waals surface area contributed by atoms with Gasteiger partial charge in [0.1, 0.15) is 11.6 Å². The van der Waals surface area contributed by atoms with E-state index in [0.29, 0.717) is 11.4 Å². The van der Waals surface area contributed by atoms with E-state index < -0.39 is 0 Å². The molecule has 0 spiro atoms. The monoisotopic (exact) mass is 916 g/mol. The number of imidazole rings is 1. The van der Waals surface area contributed by atoms with E-state index in [1.54, 1.807) is 6.07 Å². The smallest absolute Gasteiger partial charge is 0.148 e. The Kier molecular flexibility index (Phi) is 9.19. The molecule has 6 heteroatoms. The summed E-state index contributed by atoms with van der Waals surface area (Å²) in [6, 6.07) is 64.1. The van der Waals surface area contributed by atoms with Crippen molar-refractivity contribution in [2.75, 3.05) is 0 Å². The molecule has 0 radical (unpaired) electrons. The second kappa shape index (κ2) is 14.5. The van der Waals surface area contributed by atoms with Gasteiger partial charge in [-0.1, -0.05) is 134 Å². The fourth-order valence-electron chi connectivity index (χ4n) is 8.10. The Labute approximate surface area is 345 Å². The third-order valence-electron chi connectivity index (χ3n) is 11.1. The first kappa shape index (κ1) is 36.1. The van der Waals surface area contributed by atoms with Crippen molar-refractivity contribution in [3.63, 3.8) is 0 Å². The fraction of sp³-hybridized carbons (Fsp3) is 0.0588. The van der Waals surface area contributed by atoms with E-state index >= 15 is 0 Å². The van der Waals surface area contributed by atoms with E-state index in [9.17, 15) is 5.11 Å². The van der Waals surface area contributed by atoms with Crippen molar-refractivity contribution in [3.05, 3.63) is 199 Å². The number of pyridine rings is 1. The maximum atomic E-state index is 11.1. The van der Waals surface area contributed by atoms with E-state index in [-0.39, 0.29) is 32.2 Å². The number of phenolic OH excluding ortho intramolecular Hbond substituents is 1. The SMILES string of the molecule is CC(C)(c1ccccc1)c1cc(-c2cc3c(cn2)c2ccccc2n3-c2ccccc2)[c-]c(-c2cccc3c2nc(-c2ccccc2O)n3-c2ccccc2)c1.[Pt]. The number of rotatable bonds is 7. The van der Waals surface area contributed by atoms with E-state index in [2.05, 4.69) is 163 Å². The summed E-state index contributed by atoms with van der Waals surface area (Å²) in [6.45, 7) is 4.55. The molecule has 57 heavy (non-hydrogen) atoms. The van der Waals surface area contributed by atoms with Crippen LogP contribution in [0.1, 0.15) is 25.0 Å². The van der Waals surface area contributed by atoms with Crippen LogP contribution in [-0.2, 0) is 26.5 Å². The van der Waals surface area contributed by atoms with Crippen molar-refractivity contribution in [1.82, 2.24) is 19.1 Å². The maximum Gasteiger partial charge on any atom is 0.148 e. The van der Waals surface area contributed by atoms with Crippen molar-refractivity contribution in [2.24, 2.45) is 0 Å². The Morgan fingerprint density at radius 1 is 0.526 bits per heavy atom. The second-order valence-electron chi connectivity index (χ2n) is 14.8. The minimum atomic E-state index is -0.346. The molecule has 0 aliphatic carbocycles. The van der Waals surface area contributed by atoms with Crippen LogP contribution in [0, 0.1) is 6.07 Å². The predicted octanol–water partition coefficient (Wildman–Crippen LogP) is 12.3. The molecular formula is C51H37N4OPt-. The Morgan fingerprint density at radius 3 is 1.86 bits per heavy atom. The minimum Gasteiger partial charge on any atom is -0.507 e. The summed E-state index contributed by atoms with van der Waals surface area (Å²) >= 11 is 0. The number of para-hydroxylation sites is 5. The number of aromatic hydroxyl groups is 1. The zero-order valence-corrected chi connectivity index (χ0v) is 33.6. The van der Waals surface area contributed by atoms with E-state index in [0.717, 1.165) is 72.2 Å². The maximum absolute atomic E-state index is 11.1. The summed E-state index contributed by atoms with van der Waals surface area (Å²) in [5, 5.41) is 13.4. The molecule has 278 valence electrons. The summed E-state index contributed by atoms with van der Waals surface area (Å²) in [5.74, 6) is 0.843. The quantitative estimate of drug-likeness (QED) is 0.162. The molecule has 10 rings (SSSR count). The third-order valence-corrected chi connectivity index (χ3v) is 11.1. The first-order chi connectivity index (χ1) is 27.5. The van der Waals surface area contributed by atoms with Crippen LogP contribution in [-0.4, -0.2) is 24.2 Å². The van der Waals surface area contributed by atoms with Crippen LogP contribution < -0.4 is 0 Å². The van der Waals surface area contributed by atoms with Crippen LogP contribution in [0.4, 0.5) is 0 Å². The summed E-state index contributed by atoms with van der Waals surface area (Å²) in [6.07, 6.45) is 2.01. The molecule has 0 saturated carbocycles. The predicted molar refractivity (Wildman–Crippen MR) is 229 cm³/mol. The number of phenols is 1. The molecule has 1 N–H and O–H groups in total. The zero-order valence-electron chi connectivity index (χ0n) is 31.4. The number of benzene rings is 7. The van der Waals surface area contributed by atoms with Crippen LogP contribution >= 0.6 is 0 Å². The number of hydrogen-bond donors (Lipinski definition) is 1. The molecule has 5 nitrogen and oxygen atoms in total. The topological polar surface area (TPSA) is 55.9 Å². The van der Waals surface area contributed by atoms with Gasteiger partial charge in [0.25, 0.3) is 0 Å². The number of fused-ring (bicyclic) bond motifs is 4. The molecule has 0 bridgehead atoms. The van der Waals surface area contributed by atoms with Crippen molar-refractivity contribution >= 4 is 32.8 Å². The molecule has 0 amide bonds. The summed E-state index contributed by atoms with van der Waals surface area (Å²) in [4.78, 5) is 10.5. The van der Waals surface area contributed by atoms with Gasteiger partial charge in [-0.15, -0.1) is 29.3 Å². The Balaban J connectivity index is 0.00000422. The van der Waals surface area contributed by atoms with Crippen molar-refractivity contribution in [1.29, 1.82) is 0 Å². The Bertz CT molecular complexity index is 3060. The summed E-state index contributed by atoms with van der Waals surface area (Å²) in [7, 11) is 0. The molecule has 3 aromatic heterocycles. The van der Waals surface area contributed by atoms with Crippen LogP contribution in [0.15, 0.2) is 182 Å². The molecule has 3 heterocycles. The molecule has 7 aromatic carbocycles. The molecule has 0 fully saturated rings. The largest absolute Gasteiger partial charge is 0.507 e. The molecule has 0 aliphatic heterocycles. The van der Waals surface area contributed by atoms with Gasteiger partial charge in [0.05, 0.1) is 27.6 Å². The summed E-state index contributed by atoms with van der Waals surface area (Å²) < 4.78 is 4.45. The van der Waals surface area contributed by atoms with Crippen molar-refractivity contribution in [3.8, 4) is 50.9 Å². The van der Waals surface area contributed by atoms with Crippen LogP contribution in [0.2, 0.25) is 0 Å². The van der Waals surface area contributed by atoms with Crippen LogP contribution in [0.3, 0.4) is 0 Å². The first-order valence-corrected chi connectivity index (χ1v) is 18.9. The van der Waals surface area contributed by atoms with Crippen molar-refractivity contribution < 1.29 is 26.2 Å².